The minimum Gasteiger partial charge on any atom is -1.00 e. The van der Waals surface area contributed by atoms with E-state index in [1.54, 1.807) is 0 Å². The van der Waals surface area contributed by atoms with E-state index in [9.17, 15) is 29.4 Å². The van der Waals surface area contributed by atoms with Crippen LogP contribution in [-0.4, -0.2) is 82.8 Å². The third-order valence-electron chi connectivity index (χ3n) is 8.42. The van der Waals surface area contributed by atoms with Crippen LogP contribution in [0.3, 0.4) is 0 Å². The normalized spacial score (nSPS) is 22.1. The van der Waals surface area contributed by atoms with Gasteiger partial charge in [-0.05, 0) is 64.7 Å². The fourth-order valence-corrected chi connectivity index (χ4v) is 5.30. The second-order valence-corrected chi connectivity index (χ2v) is 11.0. The SMILES string of the molecule is C.C.CC[C@H](C)[C@H](CC(=O)[C@@H]1CCCCN1C)C(=O)O.CC[C@H](C)[C@H](CC(=O)[C@H]1CCCCN1C)C(=O)O.[Cl-].[Cl-]. The maximum Gasteiger partial charge on any atom is 0.307 e. The zero-order chi connectivity index (χ0) is 27.4. The monoisotopic (exact) mass is 612 g/mol. The number of aliphatic carboxylic acids is 2. The smallest absolute Gasteiger partial charge is 0.307 e. The first kappa shape index (κ1) is 45.8. The van der Waals surface area contributed by atoms with Crippen LogP contribution >= 0.6 is 0 Å². The van der Waals surface area contributed by atoms with Crippen molar-refractivity contribution in [3.8, 4) is 0 Å². The molecule has 2 aliphatic heterocycles. The van der Waals surface area contributed by atoms with Crippen molar-refractivity contribution in [3.63, 3.8) is 0 Å². The number of likely N-dealkylation sites (N-methyl/N-ethyl adjacent to an activating group) is 2. The number of halogens is 2. The number of carbonyl (C=O) groups excluding carboxylic acids is 2. The number of hydrogen-bond donors (Lipinski definition) is 2. The largest absolute Gasteiger partial charge is 1.00 e. The highest BCUT2D eigenvalue weighted by atomic mass is 35.5. The molecule has 2 N–H and O–H groups in total. The summed E-state index contributed by atoms with van der Waals surface area (Å²) in [5.41, 5.74) is 0. The van der Waals surface area contributed by atoms with E-state index in [-0.39, 0.29) is 88.0 Å². The Morgan fingerprint density at radius 1 is 0.675 bits per heavy atom. The number of carbonyl (C=O) groups is 4. The molecule has 0 unspecified atom stereocenters. The second-order valence-electron chi connectivity index (χ2n) is 11.0. The molecule has 240 valence electrons. The fourth-order valence-electron chi connectivity index (χ4n) is 5.30. The number of carboxylic acids is 2. The van der Waals surface area contributed by atoms with Crippen LogP contribution in [-0.2, 0) is 19.2 Å². The number of piperidine rings is 2. The molecule has 0 aromatic heterocycles. The Hall–Kier alpha value is -1.22. The maximum absolute atomic E-state index is 12.2. The lowest BCUT2D eigenvalue weighted by atomic mass is 9.84. The van der Waals surface area contributed by atoms with E-state index in [4.69, 9.17) is 0 Å². The van der Waals surface area contributed by atoms with Crippen molar-refractivity contribution in [2.75, 3.05) is 27.2 Å². The zero-order valence-corrected chi connectivity index (χ0v) is 25.6. The molecule has 6 atom stereocenters. The lowest BCUT2D eigenvalue weighted by Gasteiger charge is -2.32. The summed E-state index contributed by atoms with van der Waals surface area (Å²) >= 11 is 0. The summed E-state index contributed by atoms with van der Waals surface area (Å²) in [5.74, 6) is -2.42. The molecule has 0 radical (unpaired) electrons. The van der Waals surface area contributed by atoms with Gasteiger partial charge in [0.25, 0.3) is 0 Å². The summed E-state index contributed by atoms with van der Waals surface area (Å²) in [6, 6.07) is -0.130. The van der Waals surface area contributed by atoms with Crippen molar-refractivity contribution in [3.05, 3.63) is 0 Å². The number of hydrogen-bond acceptors (Lipinski definition) is 6. The Balaban J connectivity index is -0.000000295. The number of likely N-dealkylation sites (tertiary alicyclic amines) is 2. The molecule has 2 saturated heterocycles. The summed E-state index contributed by atoms with van der Waals surface area (Å²) in [7, 11) is 3.92. The molecule has 2 heterocycles. The third kappa shape index (κ3) is 14.6. The van der Waals surface area contributed by atoms with Crippen LogP contribution in [0.2, 0.25) is 0 Å². The highest BCUT2D eigenvalue weighted by Gasteiger charge is 2.33. The quantitative estimate of drug-likeness (QED) is 0.307. The van der Waals surface area contributed by atoms with Crippen molar-refractivity contribution < 1.29 is 54.2 Å². The second kappa shape index (κ2) is 23.4. The van der Waals surface area contributed by atoms with Crippen molar-refractivity contribution in [2.45, 2.75) is 119 Å². The van der Waals surface area contributed by atoms with Crippen LogP contribution in [0.5, 0.6) is 0 Å². The Labute approximate surface area is 256 Å². The lowest BCUT2D eigenvalue weighted by molar-refractivity contribution is -0.146. The molecule has 0 aromatic rings. The van der Waals surface area contributed by atoms with Gasteiger partial charge in [-0.25, -0.2) is 0 Å². The van der Waals surface area contributed by atoms with Gasteiger partial charge in [0.1, 0.15) is 0 Å². The van der Waals surface area contributed by atoms with Gasteiger partial charge in [-0.2, -0.15) is 0 Å². The van der Waals surface area contributed by atoms with Crippen LogP contribution in [0.15, 0.2) is 0 Å². The van der Waals surface area contributed by atoms with E-state index in [0.29, 0.717) is 0 Å². The van der Waals surface area contributed by atoms with Gasteiger partial charge in [-0.15, -0.1) is 0 Å². The molecular formula is C30H58Cl2N2O6-2. The van der Waals surface area contributed by atoms with E-state index in [1.807, 2.05) is 41.8 Å². The number of rotatable bonds is 12. The van der Waals surface area contributed by atoms with Gasteiger partial charge in [-0.1, -0.05) is 68.2 Å². The predicted molar refractivity (Wildman–Crippen MR) is 154 cm³/mol. The van der Waals surface area contributed by atoms with Crippen molar-refractivity contribution in [1.29, 1.82) is 0 Å². The van der Waals surface area contributed by atoms with Gasteiger partial charge in [0, 0.05) is 12.8 Å². The van der Waals surface area contributed by atoms with Crippen molar-refractivity contribution >= 4 is 23.5 Å². The highest BCUT2D eigenvalue weighted by molar-refractivity contribution is 5.88. The molecule has 0 amide bonds. The standard InChI is InChI=1S/2C14H25NO3.2CH4.2ClH/c2*1-4-10(2)11(14(17)18)9-13(16)12-7-5-6-8-15(12)3;;;;/h2*10-12H,4-9H2,1-3H3,(H,17,18);2*1H4;2*1H/p-2/t10-,11-,12+;10-,11-,12-;;;;/m00..../s1. The van der Waals surface area contributed by atoms with E-state index < -0.39 is 23.8 Å². The molecule has 0 aliphatic carbocycles. The molecule has 2 rings (SSSR count). The average molecular weight is 614 g/mol. The Morgan fingerprint density at radius 2 is 0.975 bits per heavy atom. The molecule has 2 fully saturated rings. The number of Topliss-reactive ketones (excluding diaryl/α,β-unsaturated/α-hetero) is 2. The van der Waals surface area contributed by atoms with Gasteiger partial charge < -0.3 is 35.0 Å². The average Bonchev–Trinajstić information content (AvgIpc) is 2.85. The van der Waals surface area contributed by atoms with E-state index in [2.05, 4.69) is 9.80 Å². The summed E-state index contributed by atoms with van der Waals surface area (Å²) in [6.45, 7) is 9.65. The zero-order valence-electron chi connectivity index (χ0n) is 24.1. The van der Waals surface area contributed by atoms with Gasteiger partial charge in [0.05, 0.1) is 23.9 Å². The first-order valence-corrected chi connectivity index (χ1v) is 13.9. The van der Waals surface area contributed by atoms with Gasteiger partial charge in [0.15, 0.2) is 11.6 Å². The fraction of sp³-hybridized carbons (Fsp3) is 0.867. The molecule has 2 aliphatic rings. The predicted octanol–water partition coefficient (Wildman–Crippen LogP) is -0.366. The lowest BCUT2D eigenvalue weighted by Crippen LogP contribution is -3.00. The Kier molecular flexibility index (Phi) is 26.7. The topological polar surface area (TPSA) is 115 Å². The molecule has 0 bridgehead atoms. The Morgan fingerprint density at radius 3 is 1.20 bits per heavy atom. The molecule has 40 heavy (non-hydrogen) atoms. The molecule has 10 heteroatoms. The summed E-state index contributed by atoms with van der Waals surface area (Å²) in [4.78, 5) is 51.1. The molecular weight excluding hydrogens is 555 g/mol. The highest BCUT2D eigenvalue weighted by Crippen LogP contribution is 2.25. The van der Waals surface area contributed by atoms with Crippen molar-refractivity contribution in [2.24, 2.45) is 23.7 Å². The number of nitrogens with zero attached hydrogens (tertiary/aromatic N) is 2. The van der Waals surface area contributed by atoms with E-state index in [0.717, 1.165) is 64.5 Å². The third-order valence-corrected chi connectivity index (χ3v) is 8.42. The van der Waals surface area contributed by atoms with Crippen LogP contribution in [0.25, 0.3) is 0 Å². The summed E-state index contributed by atoms with van der Waals surface area (Å²) in [5, 5.41) is 18.4. The maximum atomic E-state index is 12.2. The molecule has 8 nitrogen and oxygen atoms in total. The summed E-state index contributed by atoms with van der Waals surface area (Å²) < 4.78 is 0. The minimum atomic E-state index is -0.837. The van der Waals surface area contributed by atoms with Crippen LogP contribution in [0.4, 0.5) is 0 Å². The molecule has 0 spiro atoms. The first-order valence-electron chi connectivity index (χ1n) is 13.9. The Bertz CT molecular complexity index is 679. The van der Waals surface area contributed by atoms with Gasteiger partial charge >= 0.3 is 11.9 Å². The van der Waals surface area contributed by atoms with Crippen LogP contribution in [0, 0.1) is 23.7 Å². The summed E-state index contributed by atoms with van der Waals surface area (Å²) in [6.07, 6.45) is 8.12. The number of carboxylic acid groups (broad SMARTS) is 2. The van der Waals surface area contributed by atoms with Gasteiger partial charge in [0.2, 0.25) is 0 Å². The van der Waals surface area contributed by atoms with Crippen LogP contribution in [0.1, 0.15) is 107 Å². The first-order chi connectivity index (χ1) is 16.9. The van der Waals surface area contributed by atoms with E-state index in [1.165, 1.54) is 0 Å². The molecule has 0 saturated carbocycles. The van der Waals surface area contributed by atoms with E-state index >= 15 is 0 Å². The van der Waals surface area contributed by atoms with Gasteiger partial charge in [-0.3, -0.25) is 29.0 Å². The van der Waals surface area contributed by atoms with Crippen molar-refractivity contribution in [1.82, 2.24) is 9.80 Å². The van der Waals surface area contributed by atoms with Crippen LogP contribution < -0.4 is 24.8 Å². The molecule has 0 aromatic carbocycles. The number of ketones is 2. The minimum absolute atomic E-state index is 0.